The number of hydrogen-bond donors (Lipinski definition) is 5. The fourth-order valence-corrected chi connectivity index (χ4v) is 2.63. The number of urea groups is 3. The van der Waals surface area contributed by atoms with Crippen LogP contribution in [0.15, 0.2) is 0 Å². The molecule has 2 aliphatic rings. The van der Waals surface area contributed by atoms with Crippen LogP contribution in [0.2, 0.25) is 0 Å². The molecule has 5 N–H and O–H groups in total. The predicted molar refractivity (Wildman–Crippen MR) is 72.7 cm³/mol. The van der Waals surface area contributed by atoms with Crippen LogP contribution in [0.5, 0.6) is 0 Å². The molecule has 24 heavy (non-hydrogen) atoms. The van der Waals surface area contributed by atoms with Crippen LogP contribution in [0.25, 0.3) is 0 Å². The number of rotatable bonds is 3. The monoisotopic (exact) mass is 364 g/mol. The smallest absolute Gasteiger partial charge is 0.405 e. The van der Waals surface area contributed by atoms with Crippen molar-refractivity contribution in [2.75, 3.05) is 19.6 Å². The van der Waals surface area contributed by atoms with Crippen LogP contribution in [0.4, 0.5) is 19.2 Å². The highest BCUT2D eigenvalue weighted by Gasteiger charge is 2.43. The molecule has 0 bridgehead atoms. The summed E-state index contributed by atoms with van der Waals surface area (Å²) in [5.41, 5.74) is 0. The normalized spacial score (nSPS) is 20.1. The largest absolute Gasteiger partial charge is 0.465 e. The second kappa shape index (κ2) is 6.19. The zero-order chi connectivity index (χ0) is 18.1. The Labute approximate surface area is 134 Å². The topological polar surface area (TPSA) is 194 Å². The molecule has 0 aromatic rings. The van der Waals surface area contributed by atoms with Gasteiger partial charge in [-0.15, -0.1) is 0 Å². The zero-order valence-electron chi connectivity index (χ0n) is 11.8. The molecule has 2 saturated heterocycles. The number of carbonyl (C=O) groups excluding carboxylic acids is 4. The van der Waals surface area contributed by atoms with Gasteiger partial charge in [0.1, 0.15) is 6.04 Å². The van der Waals surface area contributed by atoms with E-state index in [9.17, 15) is 32.4 Å². The van der Waals surface area contributed by atoms with Gasteiger partial charge in [0.2, 0.25) is 0 Å². The molecule has 0 aromatic heterocycles. The third-order valence-electron chi connectivity index (χ3n) is 3.02. The summed E-state index contributed by atoms with van der Waals surface area (Å²) in [5, 5.41) is 12.5. The van der Waals surface area contributed by atoms with Crippen molar-refractivity contribution in [1.29, 1.82) is 0 Å². The summed E-state index contributed by atoms with van der Waals surface area (Å²) in [6, 6.07) is -4.59. The molecular formula is C9H12N6O8S. The van der Waals surface area contributed by atoms with Gasteiger partial charge in [-0.05, 0) is 0 Å². The number of nitrogens with one attached hydrogen (secondary N) is 4. The van der Waals surface area contributed by atoms with E-state index in [1.807, 2.05) is 5.32 Å². The van der Waals surface area contributed by atoms with E-state index < -0.39 is 46.3 Å². The van der Waals surface area contributed by atoms with Crippen LogP contribution in [0, 0.1) is 0 Å². The van der Waals surface area contributed by atoms with Crippen molar-refractivity contribution in [1.82, 2.24) is 29.9 Å². The van der Waals surface area contributed by atoms with Gasteiger partial charge in [0, 0.05) is 13.1 Å². The van der Waals surface area contributed by atoms with Crippen LogP contribution in [-0.4, -0.2) is 79.1 Å². The summed E-state index contributed by atoms with van der Waals surface area (Å²) in [6.07, 6.45) is -1.47. The lowest BCUT2D eigenvalue weighted by Crippen LogP contribution is -2.67. The first kappa shape index (κ1) is 17.3. The molecule has 0 saturated carbocycles. The number of β-lactam (4-membered cyclic amide) rings is 1. The molecule has 2 aliphatic heterocycles. The number of carbonyl (C=O) groups is 5. The summed E-state index contributed by atoms with van der Waals surface area (Å²) >= 11 is 0. The molecule has 14 nitrogen and oxygen atoms in total. The van der Waals surface area contributed by atoms with Gasteiger partial charge in [0.05, 0.1) is 6.54 Å². The molecule has 15 heteroatoms. The molecule has 2 fully saturated rings. The van der Waals surface area contributed by atoms with Gasteiger partial charge in [-0.2, -0.15) is 8.42 Å². The fraction of sp³-hybridized carbons (Fsp3) is 0.444. The maximum absolute atomic E-state index is 11.7. The molecule has 0 aliphatic carbocycles. The van der Waals surface area contributed by atoms with Crippen LogP contribution < -0.4 is 20.1 Å². The summed E-state index contributed by atoms with van der Waals surface area (Å²) < 4.78 is 26.2. The summed E-state index contributed by atoms with van der Waals surface area (Å²) in [7, 11) is -4.68. The Hall–Kier alpha value is -3.10. The van der Waals surface area contributed by atoms with Crippen LogP contribution >= 0.6 is 0 Å². The Morgan fingerprint density at radius 1 is 1.12 bits per heavy atom. The van der Waals surface area contributed by atoms with Crippen molar-refractivity contribution in [2.45, 2.75) is 6.04 Å². The quantitative estimate of drug-likeness (QED) is 0.330. The van der Waals surface area contributed by atoms with E-state index in [0.717, 1.165) is 0 Å². The Kier molecular flexibility index (Phi) is 4.45. The Bertz CT molecular complexity index is 720. The minimum absolute atomic E-state index is 0.0543. The average molecular weight is 364 g/mol. The number of imide groups is 2. The summed E-state index contributed by atoms with van der Waals surface area (Å²) in [6.45, 7) is -0.269. The highest BCUT2D eigenvalue weighted by atomic mass is 32.2. The van der Waals surface area contributed by atoms with Crippen molar-refractivity contribution < 1.29 is 37.5 Å². The molecule has 0 spiro atoms. The predicted octanol–water partition coefficient (Wildman–Crippen LogP) is -2.85. The first-order valence-corrected chi connectivity index (χ1v) is 7.84. The van der Waals surface area contributed by atoms with E-state index in [2.05, 4.69) is 5.32 Å². The van der Waals surface area contributed by atoms with E-state index >= 15 is 0 Å². The van der Waals surface area contributed by atoms with E-state index in [1.54, 1.807) is 0 Å². The molecule has 1 atom stereocenters. The van der Waals surface area contributed by atoms with Crippen LogP contribution in [0.3, 0.4) is 0 Å². The lowest BCUT2D eigenvalue weighted by molar-refractivity contribution is -0.138. The average Bonchev–Trinajstić information content (AvgIpc) is 2.87. The SMILES string of the molecule is O=C(O)NC1CN(C(=O)NS(=O)(=O)NC(=O)N2CCNC2=O)C1=O. The summed E-state index contributed by atoms with van der Waals surface area (Å²) in [4.78, 5) is 57.3. The first-order chi connectivity index (χ1) is 11.1. The van der Waals surface area contributed by atoms with Crippen molar-refractivity contribution in [3.8, 4) is 0 Å². The van der Waals surface area contributed by atoms with Crippen molar-refractivity contribution in [3.05, 3.63) is 0 Å². The molecule has 0 radical (unpaired) electrons. The van der Waals surface area contributed by atoms with Crippen molar-refractivity contribution >= 4 is 40.3 Å². The van der Waals surface area contributed by atoms with Gasteiger partial charge in [0.25, 0.3) is 5.91 Å². The van der Waals surface area contributed by atoms with Crippen LogP contribution in [0.1, 0.15) is 0 Å². The number of hydrogen-bond acceptors (Lipinski definition) is 7. The van der Waals surface area contributed by atoms with Gasteiger partial charge in [-0.25, -0.2) is 33.5 Å². The Balaban J connectivity index is 1.89. The van der Waals surface area contributed by atoms with Crippen molar-refractivity contribution in [2.24, 2.45) is 0 Å². The molecule has 1 unspecified atom stereocenters. The van der Waals surface area contributed by atoms with E-state index in [1.165, 1.54) is 9.44 Å². The molecule has 132 valence electrons. The number of amides is 8. The summed E-state index contributed by atoms with van der Waals surface area (Å²) in [5.74, 6) is -0.949. The van der Waals surface area contributed by atoms with E-state index in [-0.39, 0.29) is 19.6 Å². The van der Waals surface area contributed by atoms with E-state index in [0.29, 0.717) is 9.80 Å². The van der Waals surface area contributed by atoms with E-state index in [4.69, 9.17) is 5.11 Å². The van der Waals surface area contributed by atoms with Gasteiger partial charge >= 0.3 is 34.4 Å². The number of nitrogens with zero attached hydrogens (tertiary/aromatic N) is 2. The second-order valence-electron chi connectivity index (χ2n) is 4.65. The lowest BCUT2D eigenvalue weighted by atomic mass is 10.1. The first-order valence-electron chi connectivity index (χ1n) is 6.35. The van der Waals surface area contributed by atoms with Gasteiger partial charge < -0.3 is 15.7 Å². The highest BCUT2D eigenvalue weighted by Crippen LogP contribution is 2.10. The van der Waals surface area contributed by atoms with Crippen LogP contribution in [-0.2, 0) is 15.0 Å². The van der Waals surface area contributed by atoms with Crippen molar-refractivity contribution in [3.63, 3.8) is 0 Å². The fourth-order valence-electron chi connectivity index (χ4n) is 1.90. The minimum Gasteiger partial charge on any atom is -0.465 e. The second-order valence-corrected chi connectivity index (χ2v) is 6.07. The minimum atomic E-state index is -4.68. The Morgan fingerprint density at radius 2 is 1.71 bits per heavy atom. The maximum Gasteiger partial charge on any atom is 0.405 e. The van der Waals surface area contributed by atoms with Gasteiger partial charge in [-0.3, -0.25) is 9.69 Å². The van der Waals surface area contributed by atoms with Gasteiger partial charge in [-0.1, -0.05) is 0 Å². The molecule has 2 rings (SSSR count). The molecule has 8 amide bonds. The molecule has 2 heterocycles. The zero-order valence-corrected chi connectivity index (χ0v) is 12.6. The molecular weight excluding hydrogens is 352 g/mol. The third-order valence-corrected chi connectivity index (χ3v) is 3.90. The maximum atomic E-state index is 11.7. The molecule has 0 aromatic carbocycles. The van der Waals surface area contributed by atoms with Gasteiger partial charge in [0.15, 0.2) is 0 Å². The lowest BCUT2D eigenvalue weighted by Gasteiger charge is -2.35. The number of likely N-dealkylation sites (tertiary alicyclic amines) is 1. The standard InChI is InChI=1S/C9H12N6O8S/c16-5-4(11-9(20)21)3-15(5)8(19)13-24(22,23)12-7(18)14-2-1-10-6(14)17/h4,11H,1-3H2,(H,10,17)(H,12,18)(H,13,19)(H,20,21). The highest BCUT2D eigenvalue weighted by molar-refractivity contribution is 7.88. The Morgan fingerprint density at radius 3 is 2.17 bits per heavy atom. The number of carboxylic acid groups (broad SMARTS) is 1. The third kappa shape index (κ3) is 3.62.